The van der Waals surface area contributed by atoms with Crippen LogP contribution < -0.4 is 10.2 Å². The lowest BCUT2D eigenvalue weighted by Crippen LogP contribution is -2.36. The number of carbonyl (C=O) groups excluding carboxylic acids is 1. The first-order valence-corrected chi connectivity index (χ1v) is 10.9. The number of nitrogens with one attached hydrogen (secondary N) is 1. The van der Waals surface area contributed by atoms with Crippen LogP contribution in [-0.4, -0.2) is 51.8 Å². The minimum absolute atomic E-state index is 0.0763. The number of ether oxygens (including phenoxy) is 1. The number of fused-ring (bicyclic) bond motifs is 1. The Morgan fingerprint density at radius 1 is 1.03 bits per heavy atom. The molecule has 0 saturated carbocycles. The highest BCUT2D eigenvalue weighted by atomic mass is 19.4. The molecule has 1 aromatic carbocycles. The number of nitrogens with zero attached hydrogens (tertiary/aromatic N) is 5. The van der Waals surface area contributed by atoms with Crippen molar-refractivity contribution in [1.82, 2.24) is 19.6 Å². The van der Waals surface area contributed by atoms with E-state index in [-0.39, 0.29) is 22.5 Å². The van der Waals surface area contributed by atoms with Crippen LogP contribution in [0.5, 0.6) is 0 Å². The van der Waals surface area contributed by atoms with Gasteiger partial charge in [0.2, 0.25) is 0 Å². The summed E-state index contributed by atoms with van der Waals surface area (Å²) in [6, 6.07) is 12.0. The summed E-state index contributed by atoms with van der Waals surface area (Å²) in [7, 11) is 0. The molecule has 1 N–H and O–H groups in total. The van der Waals surface area contributed by atoms with Crippen LogP contribution in [-0.2, 0) is 10.9 Å². The highest BCUT2D eigenvalue weighted by molar-refractivity contribution is 6.09. The van der Waals surface area contributed by atoms with Gasteiger partial charge in [0.15, 0.2) is 5.65 Å². The first-order chi connectivity index (χ1) is 16.8. The van der Waals surface area contributed by atoms with Crippen molar-refractivity contribution in [2.24, 2.45) is 0 Å². The molecule has 0 atom stereocenters. The smallest absolute Gasteiger partial charge is 0.378 e. The maximum Gasteiger partial charge on any atom is 0.417 e. The molecule has 0 unspecified atom stereocenters. The Morgan fingerprint density at radius 3 is 2.57 bits per heavy atom. The van der Waals surface area contributed by atoms with Gasteiger partial charge in [-0.25, -0.2) is 14.5 Å². The zero-order chi connectivity index (χ0) is 24.6. The molecule has 0 bridgehead atoms. The molecular formula is C24H21F3N6O2. The maximum absolute atomic E-state index is 13.5. The fourth-order valence-electron chi connectivity index (χ4n) is 4.05. The average molecular weight is 482 g/mol. The fraction of sp³-hybridized carbons (Fsp3) is 0.250. The third-order valence-corrected chi connectivity index (χ3v) is 5.71. The predicted octanol–water partition coefficient (Wildman–Crippen LogP) is 4.21. The van der Waals surface area contributed by atoms with Crippen LogP contribution in [0.4, 0.5) is 24.8 Å². The molecule has 1 aliphatic rings. The van der Waals surface area contributed by atoms with E-state index in [2.05, 4.69) is 25.3 Å². The van der Waals surface area contributed by atoms with Crippen LogP contribution in [0.25, 0.3) is 16.9 Å². The van der Waals surface area contributed by atoms with Crippen LogP contribution in [0, 0.1) is 6.92 Å². The number of pyridine rings is 1. The Hall–Kier alpha value is -3.99. The van der Waals surface area contributed by atoms with Gasteiger partial charge in [0.1, 0.15) is 17.2 Å². The van der Waals surface area contributed by atoms with Crippen molar-refractivity contribution in [2.45, 2.75) is 13.1 Å². The van der Waals surface area contributed by atoms with Crippen LogP contribution in [0.3, 0.4) is 0 Å². The number of rotatable bonds is 4. The number of morpholine rings is 1. The number of amides is 1. The molecule has 5 rings (SSSR count). The number of hydrogen-bond acceptors (Lipinski definition) is 6. The Morgan fingerprint density at radius 2 is 1.80 bits per heavy atom. The van der Waals surface area contributed by atoms with Crippen LogP contribution in [0.15, 0.2) is 54.7 Å². The van der Waals surface area contributed by atoms with Crippen molar-refractivity contribution in [1.29, 1.82) is 0 Å². The SMILES string of the molecule is Cc1nn2ccc(-c3ccccc3C(F)(F)F)nc2c1C(=O)Nc1cccc(N2CCOCC2)n1. The number of aromatic nitrogens is 4. The Labute approximate surface area is 198 Å². The predicted molar refractivity (Wildman–Crippen MR) is 123 cm³/mol. The average Bonchev–Trinajstić information content (AvgIpc) is 3.19. The van der Waals surface area contributed by atoms with Crippen LogP contribution >= 0.6 is 0 Å². The Balaban J connectivity index is 1.49. The van der Waals surface area contributed by atoms with Gasteiger partial charge in [0.05, 0.1) is 30.2 Å². The summed E-state index contributed by atoms with van der Waals surface area (Å²) in [6.45, 7) is 4.24. The van der Waals surface area contributed by atoms with E-state index in [0.29, 0.717) is 43.6 Å². The second kappa shape index (κ2) is 8.99. The van der Waals surface area contributed by atoms with E-state index in [1.807, 2.05) is 6.07 Å². The minimum atomic E-state index is -4.54. The molecule has 0 aliphatic carbocycles. The van der Waals surface area contributed by atoms with E-state index >= 15 is 0 Å². The summed E-state index contributed by atoms with van der Waals surface area (Å²) in [6.07, 6.45) is -3.05. The van der Waals surface area contributed by atoms with Crippen molar-refractivity contribution in [3.05, 3.63) is 71.5 Å². The molecule has 0 spiro atoms. The molecule has 8 nitrogen and oxygen atoms in total. The highest BCUT2D eigenvalue weighted by Crippen LogP contribution is 2.36. The summed E-state index contributed by atoms with van der Waals surface area (Å²) in [5, 5.41) is 7.07. The quantitative estimate of drug-likeness (QED) is 0.469. The Bertz CT molecular complexity index is 1400. The summed E-state index contributed by atoms with van der Waals surface area (Å²) < 4.78 is 47.4. The molecule has 35 heavy (non-hydrogen) atoms. The molecule has 1 amide bonds. The standard InChI is InChI=1S/C24H21F3N6O2/c1-15-21(23(34)30-19-7-4-8-20(29-19)32-11-13-35-14-12-32)22-28-18(9-10-33(22)31-15)16-5-2-3-6-17(16)24(25,26)27/h2-10H,11-14H2,1H3,(H,29,30,34). The molecule has 4 aromatic rings. The van der Waals surface area contributed by atoms with Crippen molar-refractivity contribution < 1.29 is 22.7 Å². The lowest BCUT2D eigenvalue weighted by atomic mass is 10.0. The van der Waals surface area contributed by atoms with Gasteiger partial charge in [0, 0.05) is 24.8 Å². The molecule has 1 aliphatic heterocycles. The third kappa shape index (κ3) is 4.54. The van der Waals surface area contributed by atoms with Gasteiger partial charge >= 0.3 is 6.18 Å². The first-order valence-electron chi connectivity index (χ1n) is 10.9. The molecule has 3 aromatic heterocycles. The van der Waals surface area contributed by atoms with Gasteiger partial charge < -0.3 is 15.0 Å². The van der Waals surface area contributed by atoms with E-state index in [4.69, 9.17) is 4.74 Å². The van der Waals surface area contributed by atoms with Crippen molar-refractivity contribution >= 4 is 23.2 Å². The first kappa shape index (κ1) is 22.8. The largest absolute Gasteiger partial charge is 0.417 e. The number of carbonyl (C=O) groups is 1. The van der Waals surface area contributed by atoms with Crippen molar-refractivity contribution in [3.8, 4) is 11.3 Å². The lowest BCUT2D eigenvalue weighted by Gasteiger charge is -2.28. The molecule has 180 valence electrons. The number of benzene rings is 1. The Kier molecular flexibility index (Phi) is 5.85. The molecule has 11 heteroatoms. The maximum atomic E-state index is 13.5. The molecule has 1 saturated heterocycles. The number of alkyl halides is 3. The van der Waals surface area contributed by atoms with Gasteiger partial charge in [0.25, 0.3) is 5.91 Å². The molecule has 0 radical (unpaired) electrons. The summed E-state index contributed by atoms with van der Waals surface area (Å²) in [5.74, 6) is 0.557. The second-order valence-electron chi connectivity index (χ2n) is 8.02. The zero-order valence-corrected chi connectivity index (χ0v) is 18.7. The van der Waals surface area contributed by atoms with Crippen LogP contribution in [0.2, 0.25) is 0 Å². The fourth-order valence-corrected chi connectivity index (χ4v) is 4.05. The zero-order valence-electron chi connectivity index (χ0n) is 18.7. The second-order valence-corrected chi connectivity index (χ2v) is 8.02. The summed E-state index contributed by atoms with van der Waals surface area (Å²) in [4.78, 5) is 24.2. The lowest BCUT2D eigenvalue weighted by molar-refractivity contribution is -0.137. The van der Waals surface area contributed by atoms with Gasteiger partial charge in [-0.05, 0) is 31.2 Å². The van der Waals surface area contributed by atoms with E-state index in [0.717, 1.165) is 6.07 Å². The van der Waals surface area contributed by atoms with Crippen LogP contribution in [0.1, 0.15) is 21.6 Å². The number of aryl methyl sites for hydroxylation is 1. The van der Waals surface area contributed by atoms with Gasteiger partial charge in [-0.2, -0.15) is 18.3 Å². The minimum Gasteiger partial charge on any atom is -0.378 e. The molecular weight excluding hydrogens is 461 g/mol. The van der Waals surface area contributed by atoms with E-state index in [9.17, 15) is 18.0 Å². The van der Waals surface area contributed by atoms with Gasteiger partial charge in [-0.15, -0.1) is 0 Å². The summed E-state index contributed by atoms with van der Waals surface area (Å²) >= 11 is 0. The van der Waals surface area contributed by atoms with Gasteiger partial charge in [-0.3, -0.25) is 4.79 Å². The molecule has 4 heterocycles. The molecule has 1 fully saturated rings. The number of halogens is 3. The third-order valence-electron chi connectivity index (χ3n) is 5.71. The van der Waals surface area contributed by atoms with Crippen molar-refractivity contribution in [2.75, 3.05) is 36.5 Å². The monoisotopic (exact) mass is 482 g/mol. The number of anilines is 2. The summed E-state index contributed by atoms with van der Waals surface area (Å²) in [5.41, 5.74) is -0.0862. The topological polar surface area (TPSA) is 84.7 Å². The van der Waals surface area contributed by atoms with Crippen molar-refractivity contribution in [3.63, 3.8) is 0 Å². The highest BCUT2D eigenvalue weighted by Gasteiger charge is 2.34. The van der Waals surface area contributed by atoms with Gasteiger partial charge in [-0.1, -0.05) is 24.3 Å². The van der Waals surface area contributed by atoms with E-state index in [1.165, 1.54) is 35.0 Å². The van der Waals surface area contributed by atoms with E-state index in [1.54, 1.807) is 19.1 Å². The van der Waals surface area contributed by atoms with E-state index < -0.39 is 17.6 Å². The number of hydrogen-bond donors (Lipinski definition) is 1. The normalized spacial score (nSPS) is 14.3.